The van der Waals surface area contributed by atoms with Crippen LogP contribution in [0.1, 0.15) is 26.3 Å². The molecule has 1 saturated heterocycles. The Kier molecular flexibility index (Phi) is 5.03. The fourth-order valence-electron chi connectivity index (χ4n) is 3.21. The van der Waals surface area contributed by atoms with Gasteiger partial charge in [-0.15, -0.1) is 5.10 Å². The quantitative estimate of drug-likeness (QED) is 0.756. The predicted molar refractivity (Wildman–Crippen MR) is 89.6 cm³/mol. The van der Waals surface area contributed by atoms with Gasteiger partial charge in [0.05, 0.1) is 18.5 Å². The van der Waals surface area contributed by atoms with Crippen molar-refractivity contribution in [3.8, 4) is 11.5 Å². The molecule has 3 rings (SSSR count). The number of amides is 2. The molecule has 2 aromatic rings. The number of hydrogen-bond acceptors (Lipinski definition) is 7. The first-order valence-corrected chi connectivity index (χ1v) is 8.43. The van der Waals surface area contributed by atoms with Crippen LogP contribution in [0.5, 0.6) is 0 Å². The number of oxazole rings is 1. The summed E-state index contributed by atoms with van der Waals surface area (Å²) in [6.45, 7) is 3.89. The van der Waals surface area contributed by atoms with Crippen molar-refractivity contribution >= 4 is 11.8 Å². The van der Waals surface area contributed by atoms with Crippen LogP contribution in [0.3, 0.4) is 0 Å². The van der Waals surface area contributed by atoms with Gasteiger partial charge in [0.1, 0.15) is 17.8 Å². The number of carbonyl (C=O) groups excluding carboxylic acids is 2. The van der Waals surface area contributed by atoms with Gasteiger partial charge in [-0.05, 0) is 5.92 Å². The van der Waals surface area contributed by atoms with Gasteiger partial charge in [0.25, 0.3) is 0 Å². The van der Waals surface area contributed by atoms with E-state index in [1.54, 1.807) is 6.20 Å². The Hall–Kier alpha value is -2.75. The molecule has 2 amide bonds. The Morgan fingerprint density at radius 3 is 2.81 bits per heavy atom. The van der Waals surface area contributed by atoms with Crippen molar-refractivity contribution in [3.63, 3.8) is 0 Å². The molecule has 10 nitrogen and oxygen atoms in total. The summed E-state index contributed by atoms with van der Waals surface area (Å²) in [4.78, 5) is 30.5. The van der Waals surface area contributed by atoms with Gasteiger partial charge in [0.2, 0.25) is 11.8 Å². The molecule has 140 valence electrons. The van der Waals surface area contributed by atoms with E-state index in [4.69, 9.17) is 4.42 Å². The Bertz CT molecular complexity index is 772. The van der Waals surface area contributed by atoms with Gasteiger partial charge in [-0.2, -0.15) is 0 Å². The van der Waals surface area contributed by atoms with Crippen LogP contribution < -0.4 is 5.32 Å². The molecule has 3 unspecified atom stereocenters. The van der Waals surface area contributed by atoms with E-state index in [-0.39, 0.29) is 30.7 Å². The third kappa shape index (κ3) is 3.32. The van der Waals surface area contributed by atoms with E-state index in [0.717, 1.165) is 0 Å². The van der Waals surface area contributed by atoms with Crippen LogP contribution in [-0.2, 0) is 9.59 Å². The number of carbonyl (C=O) groups is 2. The van der Waals surface area contributed by atoms with Crippen LogP contribution in [0.4, 0.5) is 0 Å². The summed E-state index contributed by atoms with van der Waals surface area (Å²) < 4.78 is 6.67. The van der Waals surface area contributed by atoms with Gasteiger partial charge in [-0.1, -0.05) is 19.1 Å². The normalized spacial score (nSPS) is 21.2. The van der Waals surface area contributed by atoms with Crippen molar-refractivity contribution in [3.05, 3.63) is 18.8 Å². The number of likely N-dealkylation sites (N-methyl/N-ethyl adjacent to an activating group) is 1. The van der Waals surface area contributed by atoms with Crippen molar-refractivity contribution in [2.75, 3.05) is 13.6 Å². The molecular weight excluding hydrogens is 340 g/mol. The van der Waals surface area contributed by atoms with Crippen LogP contribution in [0, 0.1) is 5.92 Å². The lowest BCUT2D eigenvalue weighted by Crippen LogP contribution is -2.48. The lowest BCUT2D eigenvalue weighted by Gasteiger charge is -2.29. The summed E-state index contributed by atoms with van der Waals surface area (Å²) >= 11 is 0. The lowest BCUT2D eigenvalue weighted by atomic mass is 10.0. The molecule has 1 fully saturated rings. The summed E-state index contributed by atoms with van der Waals surface area (Å²) in [5.74, 6) is -0.224. The highest BCUT2D eigenvalue weighted by Crippen LogP contribution is 2.27. The van der Waals surface area contributed by atoms with E-state index in [1.165, 1.54) is 29.2 Å². The van der Waals surface area contributed by atoms with Gasteiger partial charge in [0, 0.05) is 20.0 Å². The number of likely N-dealkylation sites (tertiary alicyclic amines) is 1. The molecule has 10 heteroatoms. The summed E-state index contributed by atoms with van der Waals surface area (Å²) in [7, 11) is 1.51. The highest BCUT2D eigenvalue weighted by Gasteiger charge is 2.42. The Labute approximate surface area is 150 Å². The number of hydrogen-bond donors (Lipinski definition) is 2. The van der Waals surface area contributed by atoms with Crippen LogP contribution in [0.2, 0.25) is 0 Å². The zero-order chi connectivity index (χ0) is 18.8. The van der Waals surface area contributed by atoms with Crippen molar-refractivity contribution in [1.29, 1.82) is 0 Å². The number of nitrogens with zero attached hydrogens (tertiary/aromatic N) is 5. The lowest BCUT2D eigenvalue weighted by molar-refractivity contribution is -0.142. The fraction of sp³-hybridized carbons (Fsp3) is 0.562. The molecular formula is C16H22N6O4. The van der Waals surface area contributed by atoms with Crippen LogP contribution in [0.25, 0.3) is 11.5 Å². The number of aromatic nitrogens is 4. The average molecular weight is 362 g/mol. The number of rotatable bonds is 5. The van der Waals surface area contributed by atoms with E-state index >= 15 is 0 Å². The first kappa shape index (κ1) is 18.1. The monoisotopic (exact) mass is 362 g/mol. The minimum absolute atomic E-state index is 0.102. The fourth-order valence-corrected chi connectivity index (χ4v) is 3.21. The zero-order valence-electron chi connectivity index (χ0n) is 14.9. The summed E-state index contributed by atoms with van der Waals surface area (Å²) in [5, 5.41) is 20.6. The Morgan fingerprint density at radius 2 is 2.19 bits per heavy atom. The molecule has 1 aliphatic heterocycles. The van der Waals surface area contributed by atoms with E-state index in [0.29, 0.717) is 11.5 Å². The first-order valence-electron chi connectivity index (χ1n) is 8.43. The van der Waals surface area contributed by atoms with Crippen molar-refractivity contribution in [2.45, 2.75) is 38.5 Å². The molecule has 2 N–H and O–H groups in total. The number of aliphatic hydroxyl groups is 1. The Balaban J connectivity index is 1.88. The van der Waals surface area contributed by atoms with Crippen LogP contribution in [0.15, 0.2) is 23.2 Å². The third-order valence-corrected chi connectivity index (χ3v) is 4.48. The van der Waals surface area contributed by atoms with Crippen molar-refractivity contribution < 1.29 is 19.1 Å². The highest BCUT2D eigenvalue weighted by molar-refractivity contribution is 5.89. The number of β-amino-alcohol motifs (C(OH)–C–C–N with tert-alkyl or cyclic N) is 1. The summed E-state index contributed by atoms with van der Waals surface area (Å²) in [6.07, 6.45) is 3.91. The van der Waals surface area contributed by atoms with Crippen LogP contribution in [-0.4, -0.2) is 67.5 Å². The van der Waals surface area contributed by atoms with Crippen molar-refractivity contribution in [1.82, 2.24) is 30.2 Å². The van der Waals surface area contributed by atoms with E-state index in [2.05, 4.69) is 20.6 Å². The topological polar surface area (TPSA) is 126 Å². The van der Waals surface area contributed by atoms with Gasteiger partial charge in [0.15, 0.2) is 12.2 Å². The molecule has 3 heterocycles. The third-order valence-electron chi connectivity index (χ3n) is 4.48. The maximum absolute atomic E-state index is 13.2. The second-order valence-electron chi connectivity index (χ2n) is 6.65. The standard InChI is InChI=1S/C16H22N6O4/c1-9(2)14(22-7-11(19-20-22)13-5-18-8-26-13)16(25)21-6-10(23)4-12(21)15(24)17-3/h5,7-10,12,14,23H,4,6H2,1-3H3,(H,17,24). The second-order valence-corrected chi connectivity index (χ2v) is 6.65. The van der Waals surface area contributed by atoms with Gasteiger partial charge in [-0.3, -0.25) is 9.59 Å². The minimum Gasteiger partial charge on any atom is -0.442 e. The summed E-state index contributed by atoms with van der Waals surface area (Å²) in [6, 6.07) is -1.35. The largest absolute Gasteiger partial charge is 0.442 e. The van der Waals surface area contributed by atoms with E-state index < -0.39 is 18.2 Å². The number of aliphatic hydroxyl groups excluding tert-OH is 1. The number of nitrogens with one attached hydrogen (secondary N) is 1. The van der Waals surface area contributed by atoms with Gasteiger partial charge >= 0.3 is 0 Å². The molecule has 0 aliphatic carbocycles. The van der Waals surface area contributed by atoms with Gasteiger partial charge in [-0.25, -0.2) is 9.67 Å². The highest BCUT2D eigenvalue weighted by atomic mass is 16.3. The van der Waals surface area contributed by atoms with Crippen molar-refractivity contribution in [2.24, 2.45) is 5.92 Å². The molecule has 26 heavy (non-hydrogen) atoms. The minimum atomic E-state index is -0.727. The molecule has 0 saturated carbocycles. The second kappa shape index (κ2) is 7.24. The molecule has 2 aromatic heterocycles. The van der Waals surface area contributed by atoms with Gasteiger partial charge < -0.3 is 19.7 Å². The zero-order valence-corrected chi connectivity index (χ0v) is 14.9. The maximum Gasteiger partial charge on any atom is 0.248 e. The molecule has 0 spiro atoms. The molecule has 1 aliphatic rings. The average Bonchev–Trinajstić information content (AvgIpc) is 3.33. The SMILES string of the molecule is CNC(=O)C1CC(O)CN1C(=O)C(C(C)C)n1cc(-c2cnco2)nn1. The van der Waals surface area contributed by atoms with Crippen LogP contribution >= 0.6 is 0 Å². The molecule has 0 radical (unpaired) electrons. The Morgan fingerprint density at radius 1 is 1.42 bits per heavy atom. The van der Waals surface area contributed by atoms with E-state index in [9.17, 15) is 14.7 Å². The predicted octanol–water partition coefficient (Wildman–Crippen LogP) is -0.162. The first-order chi connectivity index (χ1) is 12.4. The molecule has 0 bridgehead atoms. The smallest absolute Gasteiger partial charge is 0.248 e. The van der Waals surface area contributed by atoms with E-state index in [1.807, 2.05) is 13.8 Å². The molecule has 0 aromatic carbocycles. The summed E-state index contributed by atoms with van der Waals surface area (Å²) in [5.41, 5.74) is 0.463. The maximum atomic E-state index is 13.2. The molecule has 3 atom stereocenters.